The molecule has 10 heteroatoms. The summed E-state index contributed by atoms with van der Waals surface area (Å²) in [7, 11) is 0. The van der Waals surface area contributed by atoms with Crippen molar-refractivity contribution in [1.82, 2.24) is 19.1 Å². The Morgan fingerprint density at radius 1 is 1.12 bits per heavy atom. The molecule has 6 nitrogen and oxygen atoms in total. The largest absolute Gasteiger partial charge is 0.416 e. The Hall–Kier alpha value is -2.62. The van der Waals surface area contributed by atoms with Gasteiger partial charge >= 0.3 is 6.18 Å². The maximum absolute atomic E-state index is 13.3. The summed E-state index contributed by atoms with van der Waals surface area (Å²) in [4.78, 5) is 7.24. The molecular weight excluding hydrogens is 461 g/mol. The van der Waals surface area contributed by atoms with Crippen LogP contribution in [0.2, 0.25) is 0 Å². The van der Waals surface area contributed by atoms with Crippen molar-refractivity contribution in [3.8, 4) is 0 Å². The quantitative estimate of drug-likeness (QED) is 0.539. The molecule has 1 N–H and O–H groups in total. The molecule has 3 aliphatic rings. The molecule has 2 aromatic heterocycles. The Balaban J connectivity index is 1.20. The first kappa shape index (κ1) is 21.9. The lowest BCUT2D eigenvalue weighted by Gasteiger charge is -2.23. The number of aryl methyl sites for hydroxylation is 2. The van der Waals surface area contributed by atoms with Crippen LogP contribution in [0, 0.1) is 18.8 Å². The molecule has 0 amide bonds. The van der Waals surface area contributed by atoms with E-state index >= 15 is 0 Å². The molecule has 2 unspecified atom stereocenters. The minimum Gasteiger partial charge on any atom is -0.362 e. The minimum absolute atomic E-state index is 0.174. The predicted molar refractivity (Wildman–Crippen MR) is 125 cm³/mol. The molecule has 6 rings (SSSR count). The highest BCUT2D eigenvalue weighted by Crippen LogP contribution is 2.42. The van der Waals surface area contributed by atoms with Crippen LogP contribution in [0.25, 0.3) is 0 Å². The Morgan fingerprint density at radius 2 is 2.00 bits per heavy atom. The van der Waals surface area contributed by atoms with Crippen LogP contribution in [-0.4, -0.2) is 38.3 Å². The molecule has 2 fully saturated rings. The van der Waals surface area contributed by atoms with E-state index in [2.05, 4.69) is 20.7 Å². The van der Waals surface area contributed by atoms with Gasteiger partial charge in [-0.1, -0.05) is 18.2 Å². The SMILES string of the molecule is Cc1cc(N2CC3CC[C@@H](Nc4nc5n(n4)CCCC5c4cccc(C(F)(F)F)c4)[C@@H]3C2)sn1. The first-order chi connectivity index (χ1) is 16.3. The average molecular weight is 489 g/mol. The van der Waals surface area contributed by atoms with Gasteiger partial charge in [-0.15, -0.1) is 5.10 Å². The number of fused-ring (bicyclic) bond motifs is 2. The number of hydrogen-bond donors (Lipinski definition) is 1. The predicted octanol–water partition coefficient (Wildman–Crippen LogP) is 5.31. The average Bonchev–Trinajstić information content (AvgIpc) is 3.57. The summed E-state index contributed by atoms with van der Waals surface area (Å²) >= 11 is 1.57. The van der Waals surface area contributed by atoms with Crippen molar-refractivity contribution in [3.05, 3.63) is 53.0 Å². The van der Waals surface area contributed by atoms with Crippen LogP contribution in [-0.2, 0) is 12.7 Å². The van der Waals surface area contributed by atoms with Gasteiger partial charge in [0.05, 0.1) is 11.3 Å². The third-order valence-corrected chi connectivity index (χ3v) is 8.53. The Labute approximate surface area is 200 Å². The summed E-state index contributed by atoms with van der Waals surface area (Å²) in [5.74, 6) is 2.37. The number of hydrogen-bond acceptors (Lipinski definition) is 6. The summed E-state index contributed by atoms with van der Waals surface area (Å²) in [6.45, 7) is 4.84. The van der Waals surface area contributed by atoms with E-state index < -0.39 is 11.7 Å². The molecule has 180 valence electrons. The second-order valence-corrected chi connectivity index (χ2v) is 10.6. The van der Waals surface area contributed by atoms with Crippen molar-refractivity contribution in [2.45, 2.75) is 57.3 Å². The lowest BCUT2D eigenvalue weighted by atomic mass is 9.90. The lowest BCUT2D eigenvalue weighted by Crippen LogP contribution is -2.30. The summed E-state index contributed by atoms with van der Waals surface area (Å²) in [5.41, 5.74) is 1.11. The highest BCUT2D eigenvalue weighted by atomic mass is 32.1. The van der Waals surface area contributed by atoms with Gasteiger partial charge in [0.2, 0.25) is 5.95 Å². The van der Waals surface area contributed by atoms with Crippen molar-refractivity contribution in [3.63, 3.8) is 0 Å². The van der Waals surface area contributed by atoms with Gasteiger partial charge in [0, 0.05) is 37.5 Å². The Bertz CT molecular complexity index is 1190. The van der Waals surface area contributed by atoms with Gasteiger partial charge in [-0.25, -0.2) is 4.68 Å². The minimum atomic E-state index is -4.35. The molecule has 0 bridgehead atoms. The van der Waals surface area contributed by atoms with Gasteiger partial charge in [-0.2, -0.15) is 22.5 Å². The smallest absolute Gasteiger partial charge is 0.362 e. The van der Waals surface area contributed by atoms with E-state index in [4.69, 9.17) is 10.1 Å². The maximum Gasteiger partial charge on any atom is 0.416 e. The zero-order chi connectivity index (χ0) is 23.4. The first-order valence-electron chi connectivity index (χ1n) is 11.9. The topological polar surface area (TPSA) is 58.9 Å². The molecule has 2 aliphatic heterocycles. The first-order valence-corrected chi connectivity index (χ1v) is 12.7. The molecule has 34 heavy (non-hydrogen) atoms. The zero-order valence-corrected chi connectivity index (χ0v) is 19.7. The highest BCUT2D eigenvalue weighted by molar-refractivity contribution is 7.10. The van der Waals surface area contributed by atoms with Crippen molar-refractivity contribution in [1.29, 1.82) is 0 Å². The van der Waals surface area contributed by atoms with E-state index in [0.29, 0.717) is 29.4 Å². The molecule has 1 saturated heterocycles. The summed E-state index contributed by atoms with van der Waals surface area (Å²) in [6.07, 6.45) is -0.440. The van der Waals surface area contributed by atoms with E-state index in [1.165, 1.54) is 23.6 Å². The van der Waals surface area contributed by atoms with Gasteiger partial charge in [0.25, 0.3) is 0 Å². The zero-order valence-electron chi connectivity index (χ0n) is 18.9. The highest BCUT2D eigenvalue weighted by Gasteiger charge is 2.43. The van der Waals surface area contributed by atoms with E-state index in [-0.39, 0.29) is 5.92 Å². The van der Waals surface area contributed by atoms with Crippen molar-refractivity contribution >= 4 is 22.5 Å². The number of nitrogens with zero attached hydrogens (tertiary/aromatic N) is 5. The van der Waals surface area contributed by atoms with Crippen molar-refractivity contribution in [2.24, 2.45) is 11.8 Å². The van der Waals surface area contributed by atoms with Gasteiger partial charge < -0.3 is 10.2 Å². The number of halogens is 3. The number of nitrogens with one attached hydrogen (secondary N) is 1. The molecule has 1 aliphatic carbocycles. The van der Waals surface area contributed by atoms with Crippen LogP contribution in [0.1, 0.15) is 54.2 Å². The summed E-state index contributed by atoms with van der Waals surface area (Å²) in [6, 6.07) is 8.11. The van der Waals surface area contributed by atoms with E-state index in [1.54, 1.807) is 17.6 Å². The molecule has 0 spiro atoms. The second-order valence-electron chi connectivity index (χ2n) is 9.80. The van der Waals surface area contributed by atoms with Crippen LogP contribution in [0.15, 0.2) is 30.3 Å². The van der Waals surface area contributed by atoms with Gasteiger partial charge in [-0.3, -0.25) is 0 Å². The summed E-state index contributed by atoms with van der Waals surface area (Å²) in [5, 5.41) is 9.54. The Kier molecular flexibility index (Phi) is 5.31. The number of alkyl halides is 3. The normalized spacial score (nSPS) is 26.5. The van der Waals surface area contributed by atoms with Crippen LogP contribution >= 0.6 is 11.5 Å². The molecule has 4 atom stereocenters. The number of aromatic nitrogens is 4. The number of benzene rings is 1. The van der Waals surface area contributed by atoms with E-state index in [0.717, 1.165) is 56.5 Å². The van der Waals surface area contributed by atoms with Crippen LogP contribution in [0.3, 0.4) is 0 Å². The second kappa shape index (κ2) is 8.25. The third-order valence-electron chi connectivity index (χ3n) is 7.59. The number of rotatable bonds is 4. The maximum atomic E-state index is 13.3. The van der Waals surface area contributed by atoms with Crippen LogP contribution in [0.4, 0.5) is 24.1 Å². The monoisotopic (exact) mass is 488 g/mol. The molecule has 1 saturated carbocycles. The standard InChI is InChI=1S/C24H27F3N6S/c1-14-10-21(34-31-14)32-12-16-7-8-20(19(16)13-32)28-23-29-22-18(6-3-9-33(22)30-23)15-4-2-5-17(11-15)24(25,26)27/h2,4-5,10-11,16,18-20H,3,6-9,12-13H2,1H3,(H,28,30)/t16?,18?,19-,20-/m1/s1. The molecule has 3 aromatic rings. The fourth-order valence-corrected chi connectivity index (χ4v) is 6.73. The Morgan fingerprint density at radius 3 is 2.79 bits per heavy atom. The number of anilines is 2. The molecule has 0 radical (unpaired) electrons. The van der Waals surface area contributed by atoms with Gasteiger partial charge in [-0.05, 0) is 67.8 Å². The lowest BCUT2D eigenvalue weighted by molar-refractivity contribution is -0.137. The fraction of sp³-hybridized carbons (Fsp3) is 0.542. The van der Waals surface area contributed by atoms with E-state index in [1.807, 2.05) is 11.6 Å². The van der Waals surface area contributed by atoms with Crippen molar-refractivity contribution in [2.75, 3.05) is 23.3 Å². The van der Waals surface area contributed by atoms with Gasteiger partial charge in [0.15, 0.2) is 0 Å². The van der Waals surface area contributed by atoms with Crippen LogP contribution in [0.5, 0.6) is 0 Å². The third kappa shape index (κ3) is 3.95. The summed E-state index contributed by atoms with van der Waals surface area (Å²) < 4.78 is 46.1. The van der Waals surface area contributed by atoms with E-state index in [9.17, 15) is 13.2 Å². The fourth-order valence-electron chi connectivity index (χ4n) is 5.95. The van der Waals surface area contributed by atoms with Crippen molar-refractivity contribution < 1.29 is 13.2 Å². The van der Waals surface area contributed by atoms with Crippen LogP contribution < -0.4 is 10.2 Å². The van der Waals surface area contributed by atoms with Gasteiger partial charge in [0.1, 0.15) is 10.8 Å². The molecule has 4 heterocycles. The molecular formula is C24H27F3N6S. The molecule has 1 aromatic carbocycles.